The average Bonchev–Trinajstić information content (AvgIpc) is 2.74. The van der Waals surface area contributed by atoms with Crippen molar-refractivity contribution in [3.05, 3.63) is 12.4 Å². The molecule has 1 heterocycles. The van der Waals surface area contributed by atoms with Gasteiger partial charge in [-0.2, -0.15) is 5.10 Å². The highest BCUT2D eigenvalue weighted by molar-refractivity contribution is 5.90. The van der Waals surface area contributed by atoms with Gasteiger partial charge < -0.3 is 10.1 Å². The van der Waals surface area contributed by atoms with Crippen molar-refractivity contribution in [1.29, 1.82) is 0 Å². The maximum absolute atomic E-state index is 11.9. The zero-order valence-electron chi connectivity index (χ0n) is 12.8. The van der Waals surface area contributed by atoms with Crippen molar-refractivity contribution in [1.82, 2.24) is 9.78 Å². The minimum Gasteiger partial charge on any atom is -0.468 e. The topological polar surface area (TPSA) is 73.2 Å². The van der Waals surface area contributed by atoms with E-state index in [1.807, 2.05) is 0 Å². The van der Waals surface area contributed by atoms with E-state index in [4.69, 9.17) is 0 Å². The van der Waals surface area contributed by atoms with Crippen LogP contribution >= 0.6 is 0 Å². The van der Waals surface area contributed by atoms with Crippen molar-refractivity contribution in [3.8, 4) is 0 Å². The first kappa shape index (κ1) is 16.2. The van der Waals surface area contributed by atoms with Crippen molar-refractivity contribution in [2.75, 3.05) is 12.4 Å². The lowest BCUT2D eigenvalue weighted by Gasteiger charge is -2.26. The fourth-order valence-corrected chi connectivity index (χ4v) is 1.51. The zero-order chi connectivity index (χ0) is 15.3. The van der Waals surface area contributed by atoms with Gasteiger partial charge in [0.15, 0.2) is 0 Å². The van der Waals surface area contributed by atoms with Gasteiger partial charge in [0.05, 0.1) is 19.0 Å². The summed E-state index contributed by atoms with van der Waals surface area (Å²) in [5.74, 6) is -0.162. The van der Waals surface area contributed by atoms with E-state index < -0.39 is 0 Å². The van der Waals surface area contributed by atoms with E-state index in [9.17, 15) is 9.59 Å². The van der Waals surface area contributed by atoms with Crippen LogP contribution in [0.2, 0.25) is 0 Å². The smallest absolute Gasteiger partial charge is 0.327 e. The quantitative estimate of drug-likeness (QED) is 0.838. The molecule has 0 aromatic carbocycles. The van der Waals surface area contributed by atoms with Gasteiger partial charge in [-0.15, -0.1) is 0 Å². The maximum atomic E-state index is 11.9. The van der Waals surface area contributed by atoms with Gasteiger partial charge in [-0.3, -0.25) is 14.3 Å². The van der Waals surface area contributed by atoms with E-state index >= 15 is 0 Å². The largest absolute Gasteiger partial charge is 0.468 e. The van der Waals surface area contributed by atoms with Gasteiger partial charge in [-0.1, -0.05) is 27.7 Å². The SMILES string of the molecule is COC(=O)Cn1cc(NC(=O)CC(C)C(C)(C)C)cn1. The summed E-state index contributed by atoms with van der Waals surface area (Å²) >= 11 is 0. The molecule has 1 N–H and O–H groups in total. The van der Waals surface area contributed by atoms with E-state index in [1.165, 1.54) is 18.0 Å². The van der Waals surface area contributed by atoms with Crippen molar-refractivity contribution in [3.63, 3.8) is 0 Å². The van der Waals surface area contributed by atoms with E-state index in [-0.39, 0.29) is 29.8 Å². The number of nitrogens with zero attached hydrogens (tertiary/aromatic N) is 2. The summed E-state index contributed by atoms with van der Waals surface area (Å²) in [6.45, 7) is 8.42. The molecule has 0 aliphatic heterocycles. The Labute approximate surface area is 119 Å². The first-order valence-corrected chi connectivity index (χ1v) is 6.61. The number of amides is 1. The highest BCUT2D eigenvalue weighted by Gasteiger charge is 2.22. The molecule has 1 rings (SSSR count). The molecule has 6 nitrogen and oxygen atoms in total. The predicted molar refractivity (Wildman–Crippen MR) is 76.1 cm³/mol. The second-order valence-corrected chi connectivity index (χ2v) is 6.02. The Morgan fingerprint density at radius 3 is 2.65 bits per heavy atom. The summed E-state index contributed by atoms with van der Waals surface area (Å²) in [4.78, 5) is 23.0. The molecule has 0 saturated heterocycles. The van der Waals surface area contributed by atoms with Crippen molar-refractivity contribution < 1.29 is 14.3 Å². The molecule has 0 bridgehead atoms. The number of nitrogens with one attached hydrogen (secondary N) is 1. The number of rotatable bonds is 5. The Morgan fingerprint density at radius 2 is 2.10 bits per heavy atom. The third kappa shape index (κ3) is 5.03. The molecule has 0 aliphatic rings. The molecule has 0 radical (unpaired) electrons. The number of esters is 1. The summed E-state index contributed by atoms with van der Waals surface area (Å²) in [7, 11) is 1.32. The number of carbonyl (C=O) groups is 2. The number of hydrogen-bond acceptors (Lipinski definition) is 4. The number of ether oxygens (including phenoxy) is 1. The lowest BCUT2D eigenvalue weighted by molar-refractivity contribution is -0.141. The van der Waals surface area contributed by atoms with Crippen LogP contribution in [0.1, 0.15) is 34.1 Å². The van der Waals surface area contributed by atoms with Crippen LogP contribution in [0.3, 0.4) is 0 Å². The molecular formula is C14H23N3O3. The molecule has 1 atom stereocenters. The summed E-state index contributed by atoms with van der Waals surface area (Å²) in [5.41, 5.74) is 0.673. The van der Waals surface area contributed by atoms with Crippen molar-refractivity contribution in [2.45, 2.75) is 40.7 Å². The number of hydrogen-bond donors (Lipinski definition) is 1. The first-order valence-electron chi connectivity index (χ1n) is 6.61. The summed E-state index contributed by atoms with van der Waals surface area (Å²) in [5, 5.41) is 6.77. The Balaban J connectivity index is 2.53. The highest BCUT2D eigenvalue weighted by Crippen LogP contribution is 2.28. The summed E-state index contributed by atoms with van der Waals surface area (Å²) in [6.07, 6.45) is 3.57. The summed E-state index contributed by atoms with van der Waals surface area (Å²) < 4.78 is 5.97. The van der Waals surface area contributed by atoms with Crippen LogP contribution in [0.15, 0.2) is 12.4 Å². The van der Waals surface area contributed by atoms with Crippen LogP contribution in [0.4, 0.5) is 5.69 Å². The van der Waals surface area contributed by atoms with E-state index in [0.717, 1.165) is 0 Å². The fourth-order valence-electron chi connectivity index (χ4n) is 1.51. The molecule has 112 valence electrons. The van der Waals surface area contributed by atoms with Gasteiger partial charge in [0.25, 0.3) is 0 Å². The van der Waals surface area contributed by atoms with Crippen LogP contribution in [-0.2, 0) is 20.9 Å². The fraction of sp³-hybridized carbons (Fsp3) is 0.643. The molecule has 0 fully saturated rings. The summed E-state index contributed by atoms with van der Waals surface area (Å²) in [6, 6.07) is 0. The van der Waals surface area contributed by atoms with Gasteiger partial charge in [0.2, 0.25) is 5.91 Å². The third-order valence-corrected chi connectivity index (χ3v) is 3.41. The van der Waals surface area contributed by atoms with Gasteiger partial charge in [0.1, 0.15) is 6.54 Å². The highest BCUT2D eigenvalue weighted by atomic mass is 16.5. The molecule has 1 unspecified atom stereocenters. The molecule has 0 aliphatic carbocycles. The number of anilines is 1. The average molecular weight is 281 g/mol. The Hall–Kier alpha value is -1.85. The first-order chi connectivity index (χ1) is 9.22. The van der Waals surface area contributed by atoms with Gasteiger partial charge in [0, 0.05) is 12.6 Å². The van der Waals surface area contributed by atoms with E-state index in [1.54, 1.807) is 6.20 Å². The van der Waals surface area contributed by atoms with Crippen LogP contribution in [-0.4, -0.2) is 28.8 Å². The minimum atomic E-state index is -0.382. The van der Waals surface area contributed by atoms with Crippen LogP contribution < -0.4 is 5.32 Å². The Kier molecular flexibility index (Phi) is 5.30. The molecular weight excluding hydrogens is 258 g/mol. The molecule has 0 saturated carbocycles. The maximum Gasteiger partial charge on any atom is 0.327 e. The standard InChI is InChI=1S/C14H23N3O3/c1-10(14(2,3)4)6-12(18)16-11-7-15-17(8-11)9-13(19)20-5/h7-8,10H,6,9H2,1-5H3,(H,16,18). The Bertz CT molecular complexity index is 474. The van der Waals surface area contributed by atoms with E-state index in [2.05, 4.69) is 42.8 Å². The second kappa shape index (κ2) is 6.54. The molecule has 20 heavy (non-hydrogen) atoms. The van der Waals surface area contributed by atoms with Crippen molar-refractivity contribution >= 4 is 17.6 Å². The molecule has 0 spiro atoms. The third-order valence-electron chi connectivity index (χ3n) is 3.41. The number of methoxy groups -OCH3 is 1. The second-order valence-electron chi connectivity index (χ2n) is 6.02. The number of aromatic nitrogens is 2. The normalized spacial score (nSPS) is 12.8. The molecule has 6 heteroatoms. The zero-order valence-corrected chi connectivity index (χ0v) is 12.8. The van der Waals surface area contributed by atoms with Crippen molar-refractivity contribution in [2.24, 2.45) is 11.3 Å². The van der Waals surface area contributed by atoms with Crippen LogP contribution in [0.25, 0.3) is 0 Å². The molecule has 1 amide bonds. The van der Waals surface area contributed by atoms with Crippen LogP contribution in [0.5, 0.6) is 0 Å². The molecule has 1 aromatic heterocycles. The lowest BCUT2D eigenvalue weighted by Crippen LogP contribution is -2.23. The van der Waals surface area contributed by atoms with Gasteiger partial charge in [-0.25, -0.2) is 0 Å². The van der Waals surface area contributed by atoms with E-state index in [0.29, 0.717) is 12.1 Å². The predicted octanol–water partition coefficient (Wildman–Crippen LogP) is 2.07. The lowest BCUT2D eigenvalue weighted by atomic mass is 9.80. The van der Waals surface area contributed by atoms with Gasteiger partial charge in [-0.05, 0) is 11.3 Å². The monoisotopic (exact) mass is 281 g/mol. The molecule has 1 aromatic rings. The minimum absolute atomic E-state index is 0.0325. The number of carbonyl (C=O) groups excluding carboxylic acids is 2. The van der Waals surface area contributed by atoms with Crippen LogP contribution in [0, 0.1) is 11.3 Å². The Morgan fingerprint density at radius 1 is 1.45 bits per heavy atom. The van der Waals surface area contributed by atoms with Gasteiger partial charge >= 0.3 is 5.97 Å².